The Morgan fingerprint density at radius 3 is 2.83 bits per heavy atom. The van der Waals surface area contributed by atoms with Gasteiger partial charge in [-0.3, -0.25) is 0 Å². The number of nitrogens with zero attached hydrogens (tertiary/aromatic N) is 1. The summed E-state index contributed by atoms with van der Waals surface area (Å²) in [6.07, 6.45) is 4.14. The number of nitrogens with one attached hydrogen (secondary N) is 1. The molecule has 0 aromatic carbocycles. The van der Waals surface area contributed by atoms with E-state index in [9.17, 15) is 8.42 Å². The Hall–Kier alpha value is -0.170. The summed E-state index contributed by atoms with van der Waals surface area (Å²) in [5.41, 5.74) is 0. The monoisotopic (exact) mass is 278 g/mol. The van der Waals surface area contributed by atoms with E-state index in [-0.39, 0.29) is 6.61 Å². The van der Waals surface area contributed by atoms with Crippen molar-refractivity contribution in [3.05, 3.63) is 0 Å². The number of hydrogen-bond acceptors (Lipinski definition) is 4. The third-order valence-electron chi connectivity index (χ3n) is 3.50. The first-order valence-corrected chi connectivity index (χ1v) is 8.55. The second-order valence-corrected chi connectivity index (χ2v) is 7.39. The molecule has 2 N–H and O–H groups in total. The smallest absolute Gasteiger partial charge is 0.211 e. The number of sulfonamides is 1. The van der Waals surface area contributed by atoms with Crippen LogP contribution in [0.3, 0.4) is 0 Å². The van der Waals surface area contributed by atoms with Crippen LogP contribution in [0.5, 0.6) is 0 Å². The molecule has 1 aliphatic heterocycles. The summed E-state index contributed by atoms with van der Waals surface area (Å²) in [7, 11) is -3.04. The maximum absolute atomic E-state index is 11.5. The van der Waals surface area contributed by atoms with Crippen molar-refractivity contribution >= 4 is 10.0 Å². The van der Waals surface area contributed by atoms with E-state index in [1.165, 1.54) is 6.26 Å². The SMILES string of the molecule is CC(CCO)CNCC1CCCN(S(C)(=O)=O)C1. The van der Waals surface area contributed by atoms with Crippen molar-refractivity contribution in [2.75, 3.05) is 39.0 Å². The van der Waals surface area contributed by atoms with E-state index in [1.807, 2.05) is 0 Å². The normalized spacial score (nSPS) is 24.1. The van der Waals surface area contributed by atoms with Gasteiger partial charge in [-0.25, -0.2) is 12.7 Å². The van der Waals surface area contributed by atoms with Crippen molar-refractivity contribution in [3.8, 4) is 0 Å². The van der Waals surface area contributed by atoms with E-state index in [1.54, 1.807) is 4.31 Å². The lowest BCUT2D eigenvalue weighted by Gasteiger charge is -2.31. The van der Waals surface area contributed by atoms with Crippen LogP contribution >= 0.6 is 0 Å². The zero-order valence-electron chi connectivity index (χ0n) is 11.4. The molecule has 1 rings (SSSR count). The summed E-state index contributed by atoms with van der Waals surface area (Å²) in [4.78, 5) is 0. The van der Waals surface area contributed by atoms with E-state index in [0.717, 1.165) is 32.4 Å². The van der Waals surface area contributed by atoms with Gasteiger partial charge in [-0.05, 0) is 44.2 Å². The van der Waals surface area contributed by atoms with Crippen LogP contribution in [0.25, 0.3) is 0 Å². The summed E-state index contributed by atoms with van der Waals surface area (Å²) < 4.78 is 24.5. The van der Waals surface area contributed by atoms with Gasteiger partial charge in [0.05, 0.1) is 6.26 Å². The molecule has 0 bridgehead atoms. The highest BCUT2D eigenvalue weighted by atomic mass is 32.2. The lowest BCUT2D eigenvalue weighted by Crippen LogP contribution is -2.42. The molecule has 0 spiro atoms. The fourth-order valence-electron chi connectivity index (χ4n) is 2.35. The molecular weight excluding hydrogens is 252 g/mol. The first kappa shape index (κ1) is 15.9. The van der Waals surface area contributed by atoms with Gasteiger partial charge >= 0.3 is 0 Å². The molecule has 2 unspecified atom stereocenters. The Bertz CT molecular complexity index is 332. The Balaban J connectivity index is 2.26. The van der Waals surface area contributed by atoms with Gasteiger partial charge in [-0.1, -0.05) is 6.92 Å². The van der Waals surface area contributed by atoms with Crippen LogP contribution in [0, 0.1) is 11.8 Å². The maximum Gasteiger partial charge on any atom is 0.211 e. The largest absolute Gasteiger partial charge is 0.396 e. The molecule has 0 radical (unpaired) electrons. The molecule has 1 saturated heterocycles. The molecule has 108 valence electrons. The summed E-state index contributed by atoms with van der Waals surface area (Å²) in [6, 6.07) is 0. The quantitative estimate of drug-likeness (QED) is 0.701. The fourth-order valence-corrected chi connectivity index (χ4v) is 3.29. The van der Waals surface area contributed by atoms with Crippen LogP contribution in [0.1, 0.15) is 26.2 Å². The molecular formula is C12H26N2O3S. The van der Waals surface area contributed by atoms with Gasteiger partial charge in [0.15, 0.2) is 0 Å². The Morgan fingerprint density at radius 1 is 1.50 bits per heavy atom. The topological polar surface area (TPSA) is 69.6 Å². The van der Waals surface area contributed by atoms with Gasteiger partial charge in [-0.2, -0.15) is 0 Å². The van der Waals surface area contributed by atoms with E-state index in [2.05, 4.69) is 12.2 Å². The number of hydrogen-bond donors (Lipinski definition) is 2. The molecule has 18 heavy (non-hydrogen) atoms. The minimum atomic E-state index is -3.04. The van der Waals surface area contributed by atoms with Crippen LogP contribution in [-0.2, 0) is 10.0 Å². The average molecular weight is 278 g/mol. The van der Waals surface area contributed by atoms with Crippen LogP contribution < -0.4 is 5.32 Å². The molecule has 0 saturated carbocycles. The van der Waals surface area contributed by atoms with Crippen molar-refractivity contribution in [2.24, 2.45) is 11.8 Å². The van der Waals surface area contributed by atoms with Gasteiger partial charge in [0.1, 0.15) is 0 Å². The van der Waals surface area contributed by atoms with Gasteiger partial charge in [-0.15, -0.1) is 0 Å². The lowest BCUT2D eigenvalue weighted by atomic mass is 9.99. The van der Waals surface area contributed by atoms with Crippen molar-refractivity contribution in [1.29, 1.82) is 0 Å². The third-order valence-corrected chi connectivity index (χ3v) is 4.77. The molecule has 5 nitrogen and oxygen atoms in total. The Labute approximate surface area is 111 Å². The summed E-state index contributed by atoms with van der Waals surface area (Å²) >= 11 is 0. The highest BCUT2D eigenvalue weighted by molar-refractivity contribution is 7.88. The summed E-state index contributed by atoms with van der Waals surface area (Å²) in [6.45, 7) is 5.38. The number of aliphatic hydroxyl groups is 1. The molecule has 1 heterocycles. The average Bonchev–Trinajstić information content (AvgIpc) is 2.29. The number of aliphatic hydroxyl groups excluding tert-OH is 1. The minimum Gasteiger partial charge on any atom is -0.396 e. The molecule has 6 heteroatoms. The Kier molecular flexibility index (Phi) is 6.55. The zero-order chi connectivity index (χ0) is 13.6. The summed E-state index contributed by atoms with van der Waals surface area (Å²) in [5, 5.41) is 12.2. The van der Waals surface area contributed by atoms with Crippen LogP contribution in [0.2, 0.25) is 0 Å². The van der Waals surface area contributed by atoms with E-state index in [0.29, 0.717) is 24.9 Å². The van der Waals surface area contributed by atoms with E-state index in [4.69, 9.17) is 5.11 Å². The highest BCUT2D eigenvalue weighted by Gasteiger charge is 2.25. The molecule has 2 atom stereocenters. The predicted octanol–water partition coefficient (Wildman–Crippen LogP) is 0.266. The van der Waals surface area contributed by atoms with Gasteiger partial charge in [0.25, 0.3) is 0 Å². The highest BCUT2D eigenvalue weighted by Crippen LogP contribution is 2.17. The molecule has 0 amide bonds. The Morgan fingerprint density at radius 2 is 2.22 bits per heavy atom. The van der Waals surface area contributed by atoms with Crippen LogP contribution in [-0.4, -0.2) is 56.9 Å². The molecule has 0 aliphatic carbocycles. The van der Waals surface area contributed by atoms with Crippen molar-refractivity contribution in [3.63, 3.8) is 0 Å². The second-order valence-electron chi connectivity index (χ2n) is 5.40. The number of piperidine rings is 1. The van der Waals surface area contributed by atoms with Crippen molar-refractivity contribution in [2.45, 2.75) is 26.2 Å². The fraction of sp³-hybridized carbons (Fsp3) is 1.00. The molecule has 1 aliphatic rings. The maximum atomic E-state index is 11.5. The van der Waals surface area contributed by atoms with E-state index < -0.39 is 10.0 Å². The van der Waals surface area contributed by atoms with Gasteiger partial charge < -0.3 is 10.4 Å². The lowest BCUT2D eigenvalue weighted by molar-refractivity contribution is 0.245. The molecule has 1 fully saturated rings. The molecule has 0 aromatic heterocycles. The standard InChI is InChI=1S/C12H26N2O3S/c1-11(5-7-15)8-13-9-12-4-3-6-14(10-12)18(2,16)17/h11-13,15H,3-10H2,1-2H3. The van der Waals surface area contributed by atoms with Gasteiger partial charge in [0.2, 0.25) is 10.0 Å². The predicted molar refractivity (Wildman–Crippen MR) is 72.9 cm³/mol. The zero-order valence-corrected chi connectivity index (χ0v) is 12.2. The summed E-state index contributed by atoms with van der Waals surface area (Å²) in [5.74, 6) is 0.874. The van der Waals surface area contributed by atoms with Crippen molar-refractivity contribution in [1.82, 2.24) is 9.62 Å². The first-order chi connectivity index (χ1) is 8.43. The first-order valence-electron chi connectivity index (χ1n) is 6.70. The van der Waals surface area contributed by atoms with Crippen LogP contribution in [0.4, 0.5) is 0 Å². The van der Waals surface area contributed by atoms with Crippen molar-refractivity contribution < 1.29 is 13.5 Å². The second kappa shape index (κ2) is 7.43. The van der Waals surface area contributed by atoms with E-state index >= 15 is 0 Å². The van der Waals surface area contributed by atoms with Gasteiger partial charge in [0, 0.05) is 19.7 Å². The van der Waals surface area contributed by atoms with Crippen LogP contribution in [0.15, 0.2) is 0 Å². The molecule has 0 aromatic rings. The third kappa shape index (κ3) is 5.65. The number of rotatable bonds is 7. The minimum absolute atomic E-state index is 0.230.